The molecule has 32 heavy (non-hydrogen) atoms. The van der Waals surface area contributed by atoms with Gasteiger partial charge in [-0.05, 0) is 39.2 Å². The number of nitrogens with two attached hydrogens (primary N) is 2. The van der Waals surface area contributed by atoms with E-state index in [1.165, 1.54) is 0 Å². The van der Waals surface area contributed by atoms with Gasteiger partial charge in [0.2, 0.25) is 11.8 Å². The Bertz CT molecular complexity index is 1340. The highest BCUT2D eigenvalue weighted by Gasteiger charge is 2.26. The van der Waals surface area contributed by atoms with Gasteiger partial charge in [0.15, 0.2) is 0 Å². The summed E-state index contributed by atoms with van der Waals surface area (Å²) in [5.74, 6) is -1.40. The van der Waals surface area contributed by atoms with Crippen LogP contribution in [0.2, 0.25) is 0 Å². The van der Waals surface area contributed by atoms with Crippen molar-refractivity contribution in [3.63, 3.8) is 0 Å². The Hall–Kier alpha value is -3.84. The molecule has 0 aliphatic rings. The number of hydrogen-bond acceptors (Lipinski definition) is 3. The Morgan fingerprint density at radius 3 is 2.22 bits per heavy atom. The lowest BCUT2D eigenvalue weighted by Gasteiger charge is -2.11. The number of hydrogen-bond donors (Lipinski definition) is 3. The van der Waals surface area contributed by atoms with Gasteiger partial charge in [0.05, 0.1) is 11.1 Å². The second kappa shape index (κ2) is 8.72. The molecule has 2 aromatic heterocycles. The zero-order chi connectivity index (χ0) is 22.8. The Morgan fingerprint density at radius 2 is 1.53 bits per heavy atom. The van der Waals surface area contributed by atoms with E-state index < -0.39 is 11.8 Å². The number of H-pyrrole nitrogens is 1. The largest absolute Gasteiger partial charge is 0.366 e. The van der Waals surface area contributed by atoms with Crippen LogP contribution in [0.3, 0.4) is 0 Å². The number of amides is 2. The molecule has 4 aromatic rings. The molecule has 7 heteroatoms. The van der Waals surface area contributed by atoms with Crippen molar-refractivity contribution in [2.45, 2.75) is 13.0 Å². The SMILES string of the molecule is CN(C)CCCn1cc(/C(C(N)=O)=C(/C(N)=O)c2c[nH]c3ccccc23)c2ccccc21. The molecule has 2 heterocycles. The van der Waals surface area contributed by atoms with E-state index >= 15 is 0 Å². The maximum absolute atomic E-state index is 12.8. The van der Waals surface area contributed by atoms with Crippen LogP contribution < -0.4 is 11.5 Å². The highest BCUT2D eigenvalue weighted by Crippen LogP contribution is 2.35. The fourth-order valence-corrected chi connectivity index (χ4v) is 4.25. The van der Waals surface area contributed by atoms with Gasteiger partial charge in [-0.1, -0.05) is 36.4 Å². The van der Waals surface area contributed by atoms with Crippen molar-refractivity contribution in [3.8, 4) is 0 Å². The van der Waals surface area contributed by atoms with Gasteiger partial charge in [-0.2, -0.15) is 0 Å². The third-order valence-electron chi connectivity index (χ3n) is 5.66. The average molecular weight is 430 g/mol. The van der Waals surface area contributed by atoms with Crippen molar-refractivity contribution >= 4 is 44.8 Å². The van der Waals surface area contributed by atoms with Crippen molar-refractivity contribution in [2.75, 3.05) is 20.6 Å². The minimum Gasteiger partial charge on any atom is -0.366 e. The van der Waals surface area contributed by atoms with Gasteiger partial charge < -0.3 is 25.9 Å². The summed E-state index contributed by atoms with van der Waals surface area (Å²) in [4.78, 5) is 30.7. The second-order valence-electron chi connectivity index (χ2n) is 8.14. The maximum Gasteiger partial charge on any atom is 0.250 e. The number of carbonyl (C=O) groups is 2. The molecule has 0 radical (unpaired) electrons. The lowest BCUT2D eigenvalue weighted by atomic mass is 9.93. The molecule has 4 rings (SSSR count). The number of primary amides is 2. The fraction of sp³-hybridized carbons (Fsp3) is 0.200. The molecule has 0 saturated heterocycles. The number of nitrogens with zero attached hydrogens (tertiary/aromatic N) is 2. The molecule has 0 bridgehead atoms. The van der Waals surface area contributed by atoms with E-state index in [-0.39, 0.29) is 11.1 Å². The van der Waals surface area contributed by atoms with Crippen LogP contribution in [0, 0.1) is 0 Å². The molecule has 7 nitrogen and oxygen atoms in total. The third kappa shape index (κ3) is 3.90. The number of benzene rings is 2. The Kier molecular flexibility index (Phi) is 5.83. The van der Waals surface area contributed by atoms with Crippen molar-refractivity contribution in [2.24, 2.45) is 11.5 Å². The minimum absolute atomic E-state index is 0.117. The fourth-order valence-electron chi connectivity index (χ4n) is 4.25. The van der Waals surface area contributed by atoms with Crippen LogP contribution in [0.25, 0.3) is 33.0 Å². The standard InChI is InChI=1S/C25H27N5O2/c1-29(2)12-7-13-30-15-19(17-9-4-6-11-21(17)30)23(25(27)32)22(24(26)31)18-14-28-20-10-5-3-8-16(18)20/h3-6,8-11,14-15,28H,7,12-13H2,1-2H3,(H2,26,31)(H2,27,32)/b23-22-. The summed E-state index contributed by atoms with van der Waals surface area (Å²) in [6.45, 7) is 1.70. The number of aromatic amines is 1. The molecule has 5 N–H and O–H groups in total. The molecule has 0 unspecified atom stereocenters. The molecule has 164 valence electrons. The van der Waals surface area contributed by atoms with Gasteiger partial charge in [0.25, 0.3) is 0 Å². The van der Waals surface area contributed by atoms with E-state index in [1.807, 2.05) is 68.8 Å². The number of para-hydroxylation sites is 2. The molecule has 0 spiro atoms. The Labute approximate surface area is 186 Å². The van der Waals surface area contributed by atoms with Gasteiger partial charge >= 0.3 is 0 Å². The second-order valence-corrected chi connectivity index (χ2v) is 8.14. The monoisotopic (exact) mass is 429 g/mol. The maximum atomic E-state index is 12.8. The smallest absolute Gasteiger partial charge is 0.250 e. The van der Waals surface area contributed by atoms with Crippen LogP contribution in [-0.2, 0) is 16.1 Å². The van der Waals surface area contributed by atoms with Crippen LogP contribution in [0.5, 0.6) is 0 Å². The van der Waals surface area contributed by atoms with Crippen LogP contribution in [0.4, 0.5) is 0 Å². The summed E-state index contributed by atoms with van der Waals surface area (Å²) in [5.41, 5.74) is 14.9. The zero-order valence-electron chi connectivity index (χ0n) is 18.3. The summed E-state index contributed by atoms with van der Waals surface area (Å²) < 4.78 is 2.10. The molecular weight excluding hydrogens is 402 g/mol. The average Bonchev–Trinajstić information content (AvgIpc) is 3.33. The number of aryl methyl sites for hydroxylation is 1. The molecule has 0 saturated carbocycles. The van der Waals surface area contributed by atoms with Crippen LogP contribution in [0.15, 0.2) is 60.9 Å². The van der Waals surface area contributed by atoms with E-state index in [2.05, 4.69) is 14.5 Å². The number of carbonyl (C=O) groups excluding carboxylic acids is 2. The summed E-state index contributed by atoms with van der Waals surface area (Å²) in [5, 5.41) is 1.65. The zero-order valence-corrected chi connectivity index (χ0v) is 18.3. The predicted octanol–water partition coefficient (Wildman–Crippen LogP) is 2.96. The van der Waals surface area contributed by atoms with E-state index in [9.17, 15) is 9.59 Å². The van der Waals surface area contributed by atoms with Gasteiger partial charge in [0, 0.05) is 51.9 Å². The first-order valence-corrected chi connectivity index (χ1v) is 10.5. The molecular formula is C25H27N5O2. The van der Waals surface area contributed by atoms with Gasteiger partial charge in [-0.25, -0.2) is 0 Å². The summed E-state index contributed by atoms with van der Waals surface area (Å²) in [6.07, 6.45) is 4.54. The normalized spacial score (nSPS) is 12.5. The molecule has 0 aliphatic heterocycles. The van der Waals surface area contributed by atoms with Crippen molar-refractivity contribution in [3.05, 3.63) is 72.1 Å². The van der Waals surface area contributed by atoms with Gasteiger partial charge in [0.1, 0.15) is 0 Å². The van der Waals surface area contributed by atoms with Crippen molar-refractivity contribution < 1.29 is 9.59 Å². The molecule has 0 aliphatic carbocycles. The number of nitrogens with one attached hydrogen (secondary N) is 1. The van der Waals surface area contributed by atoms with Gasteiger partial charge in [-0.3, -0.25) is 9.59 Å². The molecule has 0 atom stereocenters. The number of rotatable bonds is 8. The first kappa shape index (κ1) is 21.4. The van der Waals surface area contributed by atoms with E-state index in [0.29, 0.717) is 11.1 Å². The van der Waals surface area contributed by atoms with E-state index in [0.717, 1.165) is 41.3 Å². The molecule has 2 amide bonds. The van der Waals surface area contributed by atoms with E-state index in [1.54, 1.807) is 6.20 Å². The summed E-state index contributed by atoms with van der Waals surface area (Å²) in [6, 6.07) is 15.4. The van der Waals surface area contributed by atoms with Crippen molar-refractivity contribution in [1.82, 2.24) is 14.5 Å². The van der Waals surface area contributed by atoms with Crippen LogP contribution >= 0.6 is 0 Å². The molecule has 0 fully saturated rings. The van der Waals surface area contributed by atoms with Crippen molar-refractivity contribution in [1.29, 1.82) is 0 Å². The molecule has 2 aromatic carbocycles. The van der Waals surface area contributed by atoms with Gasteiger partial charge in [-0.15, -0.1) is 0 Å². The Morgan fingerprint density at radius 1 is 0.906 bits per heavy atom. The Balaban J connectivity index is 1.96. The number of aromatic nitrogens is 2. The first-order chi connectivity index (χ1) is 15.4. The highest BCUT2D eigenvalue weighted by molar-refractivity contribution is 6.41. The van der Waals surface area contributed by atoms with Crippen LogP contribution in [0.1, 0.15) is 17.5 Å². The topological polar surface area (TPSA) is 110 Å². The summed E-state index contributed by atoms with van der Waals surface area (Å²) in [7, 11) is 4.07. The lowest BCUT2D eigenvalue weighted by Crippen LogP contribution is -2.21. The minimum atomic E-state index is -0.701. The van der Waals surface area contributed by atoms with Crippen LogP contribution in [-0.4, -0.2) is 46.9 Å². The first-order valence-electron chi connectivity index (χ1n) is 10.5. The third-order valence-corrected chi connectivity index (χ3v) is 5.66. The summed E-state index contributed by atoms with van der Waals surface area (Å²) >= 11 is 0. The number of fused-ring (bicyclic) bond motifs is 2. The predicted molar refractivity (Wildman–Crippen MR) is 129 cm³/mol. The quantitative estimate of drug-likeness (QED) is 0.375. The highest BCUT2D eigenvalue weighted by atomic mass is 16.2. The van der Waals surface area contributed by atoms with E-state index in [4.69, 9.17) is 11.5 Å². The lowest BCUT2D eigenvalue weighted by molar-refractivity contribution is -0.114.